The Kier molecular flexibility index (Phi) is 6.28. The van der Waals surface area contributed by atoms with Crippen LogP contribution in [0.15, 0.2) is 16.7 Å². The summed E-state index contributed by atoms with van der Waals surface area (Å²) in [5, 5.41) is 3.49. The Morgan fingerprint density at radius 1 is 1.41 bits per heavy atom. The third-order valence-corrected chi connectivity index (χ3v) is 4.01. The second-order valence-electron chi connectivity index (χ2n) is 4.29. The molecule has 1 heterocycles. The SMILES string of the molecule is CCC(CC)C(Cl)CNc1ncc(Br)cc1C. The van der Waals surface area contributed by atoms with Crippen molar-refractivity contribution in [3.05, 3.63) is 22.3 Å². The van der Waals surface area contributed by atoms with Gasteiger partial charge in [-0.2, -0.15) is 0 Å². The Balaban J connectivity index is 2.55. The summed E-state index contributed by atoms with van der Waals surface area (Å²) in [6.07, 6.45) is 4.05. The molecule has 0 saturated carbocycles. The molecule has 96 valence electrons. The minimum atomic E-state index is 0.162. The maximum atomic E-state index is 6.38. The standard InChI is InChI=1S/C13H20BrClN2/c1-4-10(5-2)12(15)8-17-13-9(3)6-11(14)7-16-13/h6-7,10,12H,4-5,8H2,1-3H3,(H,16,17). The number of anilines is 1. The van der Waals surface area contributed by atoms with Crippen molar-refractivity contribution in [1.82, 2.24) is 4.98 Å². The van der Waals surface area contributed by atoms with Crippen LogP contribution in [-0.4, -0.2) is 16.9 Å². The van der Waals surface area contributed by atoms with E-state index in [4.69, 9.17) is 11.6 Å². The molecule has 1 atom stereocenters. The lowest BCUT2D eigenvalue weighted by atomic mass is 9.99. The van der Waals surface area contributed by atoms with E-state index in [1.54, 1.807) is 6.20 Å². The summed E-state index contributed by atoms with van der Waals surface area (Å²) in [4.78, 5) is 4.34. The summed E-state index contributed by atoms with van der Waals surface area (Å²) in [7, 11) is 0. The van der Waals surface area contributed by atoms with Crippen molar-refractivity contribution in [2.24, 2.45) is 5.92 Å². The average Bonchev–Trinajstić information content (AvgIpc) is 2.29. The second kappa shape index (κ2) is 7.22. The van der Waals surface area contributed by atoms with Crippen molar-refractivity contribution in [1.29, 1.82) is 0 Å². The smallest absolute Gasteiger partial charge is 0.128 e. The summed E-state index contributed by atoms with van der Waals surface area (Å²) in [6, 6.07) is 2.05. The first-order valence-electron chi connectivity index (χ1n) is 6.08. The van der Waals surface area contributed by atoms with Crippen LogP contribution in [0.25, 0.3) is 0 Å². The highest BCUT2D eigenvalue weighted by atomic mass is 79.9. The molecule has 0 fully saturated rings. The van der Waals surface area contributed by atoms with Crippen molar-refractivity contribution >= 4 is 33.3 Å². The normalized spacial score (nSPS) is 12.8. The third kappa shape index (κ3) is 4.47. The average molecular weight is 320 g/mol. The van der Waals surface area contributed by atoms with Crippen LogP contribution >= 0.6 is 27.5 Å². The summed E-state index contributed by atoms with van der Waals surface area (Å²) in [5.74, 6) is 1.49. The van der Waals surface area contributed by atoms with Gasteiger partial charge in [0.25, 0.3) is 0 Å². The summed E-state index contributed by atoms with van der Waals surface area (Å²) in [5.41, 5.74) is 1.13. The summed E-state index contributed by atoms with van der Waals surface area (Å²) < 4.78 is 1.00. The Bertz CT molecular complexity index is 353. The number of aromatic nitrogens is 1. The largest absolute Gasteiger partial charge is 0.368 e. The van der Waals surface area contributed by atoms with Gasteiger partial charge < -0.3 is 5.32 Å². The fraction of sp³-hybridized carbons (Fsp3) is 0.615. The van der Waals surface area contributed by atoms with Crippen LogP contribution in [-0.2, 0) is 0 Å². The molecule has 1 aromatic rings. The molecule has 17 heavy (non-hydrogen) atoms. The third-order valence-electron chi connectivity index (χ3n) is 3.07. The molecule has 0 aromatic carbocycles. The molecule has 0 saturated heterocycles. The van der Waals surface area contributed by atoms with E-state index in [1.165, 1.54) is 0 Å². The number of halogens is 2. The van der Waals surface area contributed by atoms with E-state index in [9.17, 15) is 0 Å². The number of hydrogen-bond donors (Lipinski definition) is 1. The van der Waals surface area contributed by atoms with E-state index >= 15 is 0 Å². The number of pyridine rings is 1. The van der Waals surface area contributed by atoms with Crippen LogP contribution in [0.4, 0.5) is 5.82 Å². The summed E-state index contributed by atoms with van der Waals surface area (Å²) in [6.45, 7) is 7.18. The Morgan fingerprint density at radius 2 is 2.06 bits per heavy atom. The Morgan fingerprint density at radius 3 is 2.59 bits per heavy atom. The van der Waals surface area contributed by atoms with Crippen molar-refractivity contribution in [2.75, 3.05) is 11.9 Å². The fourth-order valence-electron chi connectivity index (χ4n) is 1.89. The topological polar surface area (TPSA) is 24.9 Å². The van der Waals surface area contributed by atoms with Crippen molar-refractivity contribution < 1.29 is 0 Å². The molecule has 0 bridgehead atoms. The van der Waals surface area contributed by atoms with E-state index in [0.29, 0.717) is 5.92 Å². The van der Waals surface area contributed by atoms with Crippen LogP contribution < -0.4 is 5.32 Å². The van der Waals surface area contributed by atoms with Gasteiger partial charge in [0.05, 0.1) is 5.38 Å². The van der Waals surface area contributed by atoms with E-state index in [2.05, 4.69) is 46.1 Å². The fourth-order valence-corrected chi connectivity index (χ4v) is 2.77. The second-order valence-corrected chi connectivity index (χ2v) is 5.77. The minimum Gasteiger partial charge on any atom is -0.368 e. The van der Waals surface area contributed by atoms with Crippen LogP contribution in [0, 0.1) is 12.8 Å². The number of alkyl halides is 1. The van der Waals surface area contributed by atoms with Crippen LogP contribution in [0.2, 0.25) is 0 Å². The highest BCUT2D eigenvalue weighted by Crippen LogP contribution is 2.21. The number of nitrogens with zero attached hydrogens (tertiary/aromatic N) is 1. The number of nitrogens with one attached hydrogen (secondary N) is 1. The number of rotatable bonds is 6. The molecular formula is C13H20BrClN2. The first-order chi connectivity index (χ1) is 8.08. The summed E-state index contributed by atoms with van der Waals surface area (Å²) >= 11 is 9.79. The molecule has 0 radical (unpaired) electrons. The molecule has 0 aliphatic heterocycles. The van der Waals surface area contributed by atoms with Crippen molar-refractivity contribution in [2.45, 2.75) is 39.0 Å². The van der Waals surface area contributed by atoms with Gasteiger partial charge in [-0.05, 0) is 40.4 Å². The van der Waals surface area contributed by atoms with E-state index in [-0.39, 0.29) is 5.38 Å². The van der Waals surface area contributed by atoms with Gasteiger partial charge in [0, 0.05) is 17.2 Å². The number of hydrogen-bond acceptors (Lipinski definition) is 2. The highest BCUT2D eigenvalue weighted by Gasteiger charge is 2.15. The number of aryl methyl sites for hydroxylation is 1. The van der Waals surface area contributed by atoms with Gasteiger partial charge in [-0.3, -0.25) is 0 Å². The maximum Gasteiger partial charge on any atom is 0.128 e. The molecule has 1 N–H and O–H groups in total. The van der Waals surface area contributed by atoms with E-state index in [1.807, 2.05) is 6.92 Å². The van der Waals surface area contributed by atoms with Gasteiger partial charge in [0.1, 0.15) is 5.82 Å². The Hall–Kier alpha value is -0.280. The molecule has 1 unspecified atom stereocenters. The zero-order valence-electron chi connectivity index (χ0n) is 10.6. The lowest BCUT2D eigenvalue weighted by Crippen LogP contribution is -2.23. The first-order valence-corrected chi connectivity index (χ1v) is 7.31. The zero-order chi connectivity index (χ0) is 12.8. The lowest BCUT2D eigenvalue weighted by molar-refractivity contribution is 0.475. The van der Waals surface area contributed by atoms with Crippen molar-refractivity contribution in [3.8, 4) is 0 Å². The minimum absolute atomic E-state index is 0.162. The lowest BCUT2D eigenvalue weighted by Gasteiger charge is -2.20. The quantitative estimate of drug-likeness (QED) is 0.775. The molecule has 0 aliphatic carbocycles. The molecule has 1 aromatic heterocycles. The van der Waals surface area contributed by atoms with Gasteiger partial charge in [-0.1, -0.05) is 26.7 Å². The molecule has 0 amide bonds. The molecule has 2 nitrogen and oxygen atoms in total. The van der Waals surface area contributed by atoms with E-state index in [0.717, 1.165) is 35.2 Å². The highest BCUT2D eigenvalue weighted by molar-refractivity contribution is 9.10. The van der Waals surface area contributed by atoms with Gasteiger partial charge in [-0.25, -0.2) is 4.98 Å². The zero-order valence-corrected chi connectivity index (χ0v) is 13.0. The monoisotopic (exact) mass is 318 g/mol. The van der Waals surface area contributed by atoms with Gasteiger partial charge in [0.2, 0.25) is 0 Å². The van der Waals surface area contributed by atoms with Gasteiger partial charge in [-0.15, -0.1) is 11.6 Å². The van der Waals surface area contributed by atoms with Crippen LogP contribution in [0.3, 0.4) is 0 Å². The van der Waals surface area contributed by atoms with Gasteiger partial charge >= 0.3 is 0 Å². The predicted molar refractivity (Wildman–Crippen MR) is 78.9 cm³/mol. The molecular weight excluding hydrogens is 300 g/mol. The van der Waals surface area contributed by atoms with Crippen LogP contribution in [0.1, 0.15) is 32.3 Å². The first kappa shape index (κ1) is 14.8. The molecule has 4 heteroatoms. The van der Waals surface area contributed by atoms with Gasteiger partial charge in [0.15, 0.2) is 0 Å². The Labute approximate surface area is 117 Å². The predicted octanol–water partition coefficient (Wildman–Crippen LogP) is 4.61. The molecule has 0 aliphatic rings. The maximum absolute atomic E-state index is 6.38. The molecule has 0 spiro atoms. The van der Waals surface area contributed by atoms with Crippen LogP contribution in [0.5, 0.6) is 0 Å². The molecule has 1 rings (SSSR count). The van der Waals surface area contributed by atoms with Crippen molar-refractivity contribution in [3.63, 3.8) is 0 Å². The van der Waals surface area contributed by atoms with E-state index < -0.39 is 0 Å².